The van der Waals surface area contributed by atoms with Crippen molar-refractivity contribution in [2.75, 3.05) is 24.6 Å². The number of pyridine rings is 1. The Morgan fingerprint density at radius 1 is 0.918 bits per heavy atom. The first-order chi connectivity index (χ1) is 29.3. The van der Waals surface area contributed by atoms with Crippen molar-refractivity contribution >= 4 is 39.2 Å². The molecule has 2 aromatic carbocycles. The lowest BCUT2D eigenvalue weighted by Crippen LogP contribution is -2.64. The Labute approximate surface area is 360 Å². The number of carboxylic acid groups (broad SMARTS) is 1. The number of aromatic hydroxyl groups is 1. The van der Waals surface area contributed by atoms with Crippen molar-refractivity contribution in [3.63, 3.8) is 0 Å². The quantitative estimate of drug-likeness (QED) is 0.0957. The third-order valence-electron chi connectivity index (χ3n) is 14.0. The van der Waals surface area contributed by atoms with Crippen molar-refractivity contribution in [3.8, 4) is 16.9 Å². The molecule has 0 spiro atoms. The van der Waals surface area contributed by atoms with Gasteiger partial charge >= 0.3 is 5.97 Å². The monoisotopic (exact) mass is 838 g/mol. The fourth-order valence-corrected chi connectivity index (χ4v) is 13.6. The smallest absolute Gasteiger partial charge is 0.355 e. The highest BCUT2D eigenvalue weighted by molar-refractivity contribution is 7.18. The van der Waals surface area contributed by atoms with E-state index in [0.29, 0.717) is 31.0 Å². The lowest BCUT2D eigenvalue weighted by molar-refractivity contribution is -0.247. The van der Waals surface area contributed by atoms with E-state index < -0.39 is 5.97 Å². The summed E-state index contributed by atoms with van der Waals surface area (Å²) in [5.41, 5.74) is 7.81. The molecule has 4 saturated carbocycles. The van der Waals surface area contributed by atoms with Gasteiger partial charge in [0.15, 0.2) is 11.5 Å². The number of nitrogens with one attached hydrogen (secondary N) is 1. The van der Waals surface area contributed by atoms with Gasteiger partial charge in [-0.3, -0.25) is 4.68 Å². The molecule has 12 nitrogen and oxygen atoms in total. The number of phenolic OH excluding ortho intramolecular Hbond substituents is 1. The van der Waals surface area contributed by atoms with E-state index in [9.17, 15) is 15.0 Å². The Kier molecular flexibility index (Phi) is 9.80. The third-order valence-corrected chi connectivity index (χ3v) is 15.0. The van der Waals surface area contributed by atoms with Crippen LogP contribution in [-0.2, 0) is 30.7 Å². The highest BCUT2D eigenvalue weighted by atomic mass is 32.1. The first kappa shape index (κ1) is 39.9. The summed E-state index contributed by atoms with van der Waals surface area (Å²) in [5, 5.41) is 39.2. The van der Waals surface area contributed by atoms with Crippen LogP contribution in [0.15, 0.2) is 66.9 Å². The van der Waals surface area contributed by atoms with Crippen LogP contribution in [0.25, 0.3) is 21.3 Å². The van der Waals surface area contributed by atoms with Crippen molar-refractivity contribution in [3.05, 3.63) is 106 Å². The lowest BCUT2D eigenvalue weighted by atomic mass is 9.39. The average molecular weight is 839 g/mol. The van der Waals surface area contributed by atoms with E-state index >= 15 is 0 Å². The Hall–Kier alpha value is -5.24. The number of aromatic carboxylic acids is 1. The predicted octanol–water partition coefficient (Wildman–Crippen LogP) is 8.97. The standard InChI is InChI=1S/C48H54N8O4S/c1-30-34-8-7-18-55(43(34)54-53-38(30)20-41-51-37-9-5-6-10-39(37)61-41)40-16-15-35(42(52-40)44(58)59)36-22-50-56(31(36)2)29-47-24-45(3)23-46(4,25-47)27-48(26-45,28-47)60-19-17-49-21-32-11-13-33(57)14-12-32/h5-6,9-16,22,49,57H,7-8,17-21,23-29H2,1-4H3,(H,58,59). The molecule has 316 valence electrons. The van der Waals surface area contributed by atoms with E-state index in [1.165, 1.54) is 6.42 Å². The number of ether oxygens (including phenoxy) is 1. The normalized spacial score (nSPS) is 25.3. The van der Waals surface area contributed by atoms with Crippen molar-refractivity contribution in [1.82, 2.24) is 35.3 Å². The van der Waals surface area contributed by atoms with Gasteiger partial charge in [0.1, 0.15) is 11.6 Å². The fourth-order valence-electron chi connectivity index (χ4n) is 12.7. The zero-order valence-corrected chi connectivity index (χ0v) is 36.3. The zero-order chi connectivity index (χ0) is 42.1. The topological polar surface area (TPSA) is 151 Å². The van der Waals surface area contributed by atoms with Crippen LogP contribution in [0.4, 0.5) is 11.6 Å². The van der Waals surface area contributed by atoms with Crippen LogP contribution in [0.2, 0.25) is 0 Å². The van der Waals surface area contributed by atoms with Crippen molar-refractivity contribution in [1.29, 1.82) is 0 Å². The van der Waals surface area contributed by atoms with Crippen molar-refractivity contribution < 1.29 is 19.7 Å². The number of anilines is 2. The summed E-state index contributed by atoms with van der Waals surface area (Å²) in [4.78, 5) is 24.6. The molecule has 0 amide bonds. The van der Waals surface area contributed by atoms with E-state index in [2.05, 4.69) is 43.8 Å². The second-order valence-electron chi connectivity index (χ2n) is 19.3. The van der Waals surface area contributed by atoms with Crippen LogP contribution in [0, 0.1) is 30.1 Å². The Bertz CT molecular complexity index is 2610. The lowest BCUT2D eigenvalue weighted by Gasteiger charge is -2.69. The number of carbonyl (C=O) groups is 1. The molecular formula is C48H54N8O4S. The Balaban J connectivity index is 0.871. The van der Waals surface area contributed by atoms with Gasteiger partial charge in [-0.15, -0.1) is 16.4 Å². The second-order valence-corrected chi connectivity index (χ2v) is 20.4. The number of phenols is 1. The molecular weight excluding hydrogens is 785 g/mol. The molecule has 4 fully saturated rings. The fraction of sp³-hybridized carbons (Fsp3) is 0.458. The number of thiazole rings is 1. The molecule has 3 N–H and O–H groups in total. The molecule has 0 saturated heterocycles. The van der Waals surface area contributed by atoms with Crippen LogP contribution in [-0.4, -0.2) is 71.4 Å². The van der Waals surface area contributed by atoms with Gasteiger partial charge in [0.2, 0.25) is 0 Å². The maximum Gasteiger partial charge on any atom is 0.355 e. The molecule has 4 aliphatic carbocycles. The summed E-state index contributed by atoms with van der Waals surface area (Å²) in [6, 6.07) is 19.3. The van der Waals surface area contributed by atoms with E-state index in [1.807, 2.05) is 53.6 Å². The van der Waals surface area contributed by atoms with E-state index in [1.54, 1.807) is 23.5 Å². The Morgan fingerprint density at radius 3 is 2.48 bits per heavy atom. The van der Waals surface area contributed by atoms with Gasteiger partial charge in [-0.1, -0.05) is 38.1 Å². The van der Waals surface area contributed by atoms with Crippen molar-refractivity contribution in [2.24, 2.45) is 16.2 Å². The SMILES string of the molecule is Cc1c(Cc2nc3ccccc3s2)nnc2c1CCCN2c1ccc(-c2cnn(CC34CC5(C)CC(C)(C3)CC(OCCNCc3ccc(O)cc3)(C5)C4)c2C)c(C(=O)O)n1. The molecule has 61 heavy (non-hydrogen) atoms. The van der Waals surface area contributed by atoms with Crippen LogP contribution in [0.1, 0.15) is 102 Å². The maximum absolute atomic E-state index is 13.0. The number of nitrogens with zero attached hydrogens (tertiary/aromatic N) is 7. The molecule has 4 bridgehead atoms. The first-order valence-electron chi connectivity index (χ1n) is 21.7. The van der Waals surface area contributed by atoms with Crippen LogP contribution in [0.3, 0.4) is 0 Å². The molecule has 11 rings (SSSR count). The third kappa shape index (κ3) is 7.48. The summed E-state index contributed by atoms with van der Waals surface area (Å²) >= 11 is 1.69. The molecule has 5 aliphatic rings. The molecule has 13 heteroatoms. The number of para-hydroxylation sites is 1. The molecule has 0 radical (unpaired) electrons. The number of rotatable bonds is 13. The summed E-state index contributed by atoms with van der Waals surface area (Å²) < 4.78 is 10.2. The highest BCUT2D eigenvalue weighted by Gasteiger charge is 2.66. The number of hydrogen-bond acceptors (Lipinski definition) is 11. The molecule has 5 heterocycles. The van der Waals surface area contributed by atoms with Gasteiger partial charge in [-0.25, -0.2) is 14.8 Å². The molecule has 6 aromatic rings. The minimum absolute atomic E-state index is 0.00520. The van der Waals surface area contributed by atoms with Crippen LogP contribution < -0.4 is 10.2 Å². The van der Waals surface area contributed by atoms with Crippen molar-refractivity contribution in [2.45, 2.75) is 104 Å². The number of carboxylic acids is 1. The van der Waals surface area contributed by atoms with Gasteiger partial charge in [-0.2, -0.15) is 10.2 Å². The number of hydrogen-bond donors (Lipinski definition) is 3. The summed E-state index contributed by atoms with van der Waals surface area (Å²) in [6.45, 7) is 12.7. The predicted molar refractivity (Wildman–Crippen MR) is 237 cm³/mol. The second kappa shape index (κ2) is 15.0. The van der Waals surface area contributed by atoms with Gasteiger partial charge in [0.25, 0.3) is 0 Å². The van der Waals surface area contributed by atoms with Gasteiger partial charge in [0.05, 0.1) is 39.3 Å². The number of aromatic nitrogens is 6. The zero-order valence-electron chi connectivity index (χ0n) is 35.5. The van der Waals surface area contributed by atoms with Crippen LogP contribution in [0.5, 0.6) is 5.75 Å². The summed E-state index contributed by atoms with van der Waals surface area (Å²) in [7, 11) is 0. The van der Waals surface area contributed by atoms with E-state index in [0.717, 1.165) is 119 Å². The average Bonchev–Trinajstić information content (AvgIpc) is 3.79. The molecule has 1 aliphatic heterocycles. The minimum Gasteiger partial charge on any atom is -0.508 e. The van der Waals surface area contributed by atoms with Crippen LogP contribution >= 0.6 is 11.3 Å². The molecule has 4 aromatic heterocycles. The molecule has 2 atom stereocenters. The Morgan fingerprint density at radius 2 is 1.70 bits per heavy atom. The molecule has 2 unspecified atom stereocenters. The summed E-state index contributed by atoms with van der Waals surface area (Å²) in [5.74, 6) is 0.492. The van der Waals surface area contributed by atoms with Gasteiger partial charge < -0.3 is 25.2 Å². The maximum atomic E-state index is 13.0. The summed E-state index contributed by atoms with van der Waals surface area (Å²) in [6.07, 6.45) is 10.8. The van der Waals surface area contributed by atoms with Gasteiger partial charge in [-0.05, 0) is 129 Å². The number of benzene rings is 2. The number of fused-ring (bicyclic) bond motifs is 2. The largest absolute Gasteiger partial charge is 0.508 e. The van der Waals surface area contributed by atoms with E-state index in [-0.39, 0.29) is 33.3 Å². The van der Waals surface area contributed by atoms with E-state index in [4.69, 9.17) is 30.0 Å². The first-order valence-corrected chi connectivity index (χ1v) is 22.5. The minimum atomic E-state index is -1.08. The van der Waals surface area contributed by atoms with Gasteiger partial charge in [0, 0.05) is 55.0 Å². The highest BCUT2D eigenvalue weighted by Crippen LogP contribution is 2.72.